The Balaban J connectivity index is 2.22. The number of benzene rings is 1. The van der Waals surface area contributed by atoms with Gasteiger partial charge in [0.2, 0.25) is 0 Å². The molecule has 0 aliphatic carbocycles. The Morgan fingerprint density at radius 1 is 1.47 bits per heavy atom. The molecule has 1 aromatic carbocycles. The van der Waals surface area contributed by atoms with E-state index in [0.29, 0.717) is 12.1 Å². The van der Waals surface area contributed by atoms with Crippen molar-refractivity contribution in [3.8, 4) is 6.07 Å². The molecule has 1 aliphatic heterocycles. The molecular formula is C14H16N2O. The van der Waals surface area contributed by atoms with Crippen LogP contribution in [0.5, 0.6) is 0 Å². The molecule has 1 aliphatic rings. The largest absolute Gasteiger partial charge is 0.323 e. The van der Waals surface area contributed by atoms with Gasteiger partial charge in [-0.15, -0.1) is 0 Å². The summed E-state index contributed by atoms with van der Waals surface area (Å²) in [6.45, 7) is 2.67. The highest BCUT2D eigenvalue weighted by Crippen LogP contribution is 2.19. The molecule has 1 heterocycles. The number of carbonyl (C=O) groups excluding carboxylic acids is 1. The lowest BCUT2D eigenvalue weighted by Crippen LogP contribution is -2.42. The third-order valence-electron chi connectivity index (χ3n) is 3.18. The molecular weight excluding hydrogens is 212 g/mol. The van der Waals surface area contributed by atoms with Gasteiger partial charge in [0, 0.05) is 12.1 Å². The van der Waals surface area contributed by atoms with Gasteiger partial charge < -0.3 is 4.90 Å². The topological polar surface area (TPSA) is 44.1 Å². The Morgan fingerprint density at radius 2 is 2.29 bits per heavy atom. The Labute approximate surface area is 102 Å². The van der Waals surface area contributed by atoms with E-state index in [9.17, 15) is 4.79 Å². The van der Waals surface area contributed by atoms with Crippen molar-refractivity contribution < 1.29 is 4.79 Å². The van der Waals surface area contributed by atoms with Crippen LogP contribution in [0.15, 0.2) is 24.3 Å². The van der Waals surface area contributed by atoms with Gasteiger partial charge in [-0.05, 0) is 38.3 Å². The first-order valence-electron chi connectivity index (χ1n) is 5.99. The summed E-state index contributed by atoms with van der Waals surface area (Å²) in [5.74, 6) is -0.0139. The molecule has 3 nitrogen and oxygen atoms in total. The molecule has 1 fully saturated rings. The van der Waals surface area contributed by atoms with Crippen molar-refractivity contribution in [2.45, 2.75) is 32.2 Å². The number of hydrogen-bond donors (Lipinski definition) is 0. The third-order valence-corrected chi connectivity index (χ3v) is 3.18. The second-order valence-electron chi connectivity index (χ2n) is 4.51. The number of carbonyl (C=O) groups is 1. The first-order chi connectivity index (χ1) is 8.22. The van der Waals surface area contributed by atoms with Crippen molar-refractivity contribution in [3.05, 3.63) is 35.4 Å². The average Bonchev–Trinajstić information content (AvgIpc) is 2.38. The number of nitriles is 1. The Morgan fingerprint density at radius 3 is 3.00 bits per heavy atom. The molecule has 0 bridgehead atoms. The lowest BCUT2D eigenvalue weighted by molar-refractivity contribution is 0.0670. The summed E-state index contributed by atoms with van der Waals surface area (Å²) < 4.78 is 0. The number of hydrogen-bond acceptors (Lipinski definition) is 2. The van der Waals surface area contributed by atoms with Gasteiger partial charge in [-0.25, -0.2) is 0 Å². The number of likely N-dealkylation sites (tertiary alicyclic amines) is 1. The summed E-state index contributed by atoms with van der Waals surface area (Å²) in [5.41, 5.74) is 1.76. The zero-order valence-corrected chi connectivity index (χ0v) is 10.0. The van der Waals surface area contributed by atoms with Gasteiger partial charge in [0.15, 0.2) is 0 Å². The Kier molecular flexibility index (Phi) is 3.43. The fourth-order valence-electron chi connectivity index (χ4n) is 2.25. The molecule has 0 saturated carbocycles. The predicted molar refractivity (Wildman–Crippen MR) is 65.5 cm³/mol. The lowest BCUT2D eigenvalue weighted by Gasteiger charge is -2.31. The molecule has 1 saturated heterocycles. The van der Waals surface area contributed by atoms with E-state index in [1.54, 1.807) is 4.90 Å². The van der Waals surface area contributed by atoms with Crippen LogP contribution >= 0.6 is 0 Å². The van der Waals surface area contributed by atoms with Crippen molar-refractivity contribution in [2.24, 2.45) is 0 Å². The van der Waals surface area contributed by atoms with Crippen LogP contribution < -0.4 is 0 Å². The van der Waals surface area contributed by atoms with E-state index in [0.717, 1.165) is 24.8 Å². The molecule has 3 heteroatoms. The van der Waals surface area contributed by atoms with Gasteiger partial charge in [-0.2, -0.15) is 5.26 Å². The van der Waals surface area contributed by atoms with Gasteiger partial charge in [0.25, 0.3) is 5.91 Å². The normalized spacial score (nSPS) is 19.8. The molecule has 1 amide bonds. The zero-order chi connectivity index (χ0) is 12.3. The van der Waals surface area contributed by atoms with Gasteiger partial charge in [-0.3, -0.25) is 4.79 Å². The standard InChI is InChI=1S/C14H16N2O/c1-11-5-4-6-12(9-11)14(17)16-8-3-2-7-13(16)10-15/h4-6,9,13H,2-3,7-8H2,1H3. The number of nitrogens with zero attached hydrogens (tertiary/aromatic N) is 2. The van der Waals surface area contributed by atoms with Gasteiger partial charge in [-0.1, -0.05) is 17.7 Å². The molecule has 0 radical (unpaired) electrons. The van der Waals surface area contributed by atoms with Crippen LogP contribution in [-0.2, 0) is 0 Å². The summed E-state index contributed by atoms with van der Waals surface area (Å²) in [6, 6.07) is 9.52. The monoisotopic (exact) mass is 228 g/mol. The van der Waals surface area contributed by atoms with E-state index >= 15 is 0 Å². The maximum Gasteiger partial charge on any atom is 0.254 e. The second kappa shape index (κ2) is 5.01. The molecule has 1 aromatic rings. The SMILES string of the molecule is Cc1cccc(C(=O)N2CCCCC2C#N)c1. The fraction of sp³-hybridized carbons (Fsp3) is 0.429. The summed E-state index contributed by atoms with van der Waals surface area (Å²) >= 11 is 0. The Bertz CT molecular complexity index is 462. The smallest absolute Gasteiger partial charge is 0.254 e. The molecule has 1 unspecified atom stereocenters. The first-order valence-corrected chi connectivity index (χ1v) is 5.99. The van der Waals surface area contributed by atoms with Crippen LogP contribution in [0.25, 0.3) is 0 Å². The quantitative estimate of drug-likeness (QED) is 0.741. The van der Waals surface area contributed by atoms with Crippen molar-refractivity contribution in [1.29, 1.82) is 5.26 Å². The maximum atomic E-state index is 12.3. The van der Waals surface area contributed by atoms with E-state index in [1.165, 1.54) is 0 Å². The van der Waals surface area contributed by atoms with E-state index in [1.807, 2.05) is 31.2 Å². The highest BCUT2D eigenvalue weighted by Gasteiger charge is 2.27. The first kappa shape index (κ1) is 11.7. The van der Waals surface area contributed by atoms with E-state index in [-0.39, 0.29) is 11.9 Å². The zero-order valence-electron chi connectivity index (χ0n) is 10.0. The van der Waals surface area contributed by atoms with E-state index < -0.39 is 0 Å². The van der Waals surface area contributed by atoms with Gasteiger partial charge in [0.1, 0.15) is 6.04 Å². The van der Waals surface area contributed by atoms with Crippen LogP contribution in [0, 0.1) is 18.3 Å². The van der Waals surface area contributed by atoms with Crippen LogP contribution in [0.4, 0.5) is 0 Å². The van der Waals surface area contributed by atoms with Crippen LogP contribution in [-0.4, -0.2) is 23.4 Å². The van der Waals surface area contributed by atoms with Crippen LogP contribution in [0.2, 0.25) is 0 Å². The molecule has 0 N–H and O–H groups in total. The highest BCUT2D eigenvalue weighted by atomic mass is 16.2. The minimum atomic E-state index is -0.253. The van der Waals surface area contributed by atoms with E-state index in [2.05, 4.69) is 6.07 Å². The third kappa shape index (κ3) is 2.47. The molecule has 88 valence electrons. The van der Waals surface area contributed by atoms with Crippen molar-refractivity contribution in [2.75, 3.05) is 6.54 Å². The van der Waals surface area contributed by atoms with Crippen LogP contribution in [0.1, 0.15) is 35.2 Å². The summed E-state index contributed by atoms with van der Waals surface area (Å²) in [6.07, 6.45) is 2.83. The molecule has 0 aromatic heterocycles. The maximum absolute atomic E-state index is 12.3. The minimum Gasteiger partial charge on any atom is -0.323 e. The minimum absolute atomic E-state index is 0.0139. The van der Waals surface area contributed by atoms with Gasteiger partial charge >= 0.3 is 0 Å². The summed E-state index contributed by atoms with van der Waals surface area (Å²) in [7, 11) is 0. The lowest BCUT2D eigenvalue weighted by atomic mass is 10.0. The predicted octanol–water partition coefficient (Wildman–Crippen LogP) is 2.51. The number of piperidine rings is 1. The van der Waals surface area contributed by atoms with Crippen LogP contribution in [0.3, 0.4) is 0 Å². The molecule has 17 heavy (non-hydrogen) atoms. The number of aryl methyl sites for hydroxylation is 1. The number of rotatable bonds is 1. The average molecular weight is 228 g/mol. The van der Waals surface area contributed by atoms with Crippen molar-refractivity contribution >= 4 is 5.91 Å². The molecule has 2 rings (SSSR count). The van der Waals surface area contributed by atoms with Crippen molar-refractivity contribution in [3.63, 3.8) is 0 Å². The fourth-order valence-corrected chi connectivity index (χ4v) is 2.25. The highest BCUT2D eigenvalue weighted by molar-refractivity contribution is 5.94. The second-order valence-corrected chi connectivity index (χ2v) is 4.51. The molecule has 0 spiro atoms. The molecule has 1 atom stereocenters. The van der Waals surface area contributed by atoms with E-state index in [4.69, 9.17) is 5.26 Å². The summed E-state index contributed by atoms with van der Waals surface area (Å²) in [4.78, 5) is 14.0. The number of amides is 1. The van der Waals surface area contributed by atoms with Gasteiger partial charge in [0.05, 0.1) is 6.07 Å². The summed E-state index contributed by atoms with van der Waals surface area (Å²) in [5, 5.41) is 9.07. The van der Waals surface area contributed by atoms with Crippen molar-refractivity contribution in [1.82, 2.24) is 4.90 Å². The Hall–Kier alpha value is -1.82.